The molecule has 1 aromatic rings. The molecule has 2 amide bonds. The number of nitrogens with one attached hydrogen (secondary N) is 2. The topological polar surface area (TPSA) is 77.0 Å². The van der Waals surface area contributed by atoms with Gasteiger partial charge in [-0.05, 0) is 29.9 Å². The number of halogens is 1. The average Bonchev–Trinajstić information content (AvgIpc) is 3.34. The highest BCUT2D eigenvalue weighted by atomic mass is 127. The van der Waals surface area contributed by atoms with E-state index >= 15 is 0 Å². The number of fused-ring (bicyclic) bond motifs is 1. The summed E-state index contributed by atoms with van der Waals surface area (Å²) in [6, 6.07) is 2.32. The third-order valence-electron chi connectivity index (χ3n) is 5.35. The molecular weight excluding hydrogens is 501 g/mol. The molecule has 0 aliphatic carbocycles. The normalized spacial score (nSPS) is 19.0. The van der Waals surface area contributed by atoms with E-state index in [0.717, 1.165) is 32.5 Å². The van der Waals surface area contributed by atoms with Crippen molar-refractivity contribution in [3.63, 3.8) is 0 Å². The Morgan fingerprint density at radius 1 is 1.31 bits per heavy atom. The fourth-order valence-electron chi connectivity index (χ4n) is 3.74. The smallest absolute Gasteiger partial charge is 0.225 e. The van der Waals surface area contributed by atoms with Gasteiger partial charge in [-0.25, -0.2) is 0 Å². The van der Waals surface area contributed by atoms with Gasteiger partial charge in [-0.2, -0.15) is 0 Å². The summed E-state index contributed by atoms with van der Waals surface area (Å²) < 4.78 is 0. The van der Waals surface area contributed by atoms with Gasteiger partial charge in [-0.1, -0.05) is 13.8 Å². The van der Waals surface area contributed by atoms with Gasteiger partial charge in [0.25, 0.3) is 0 Å². The predicted octanol–water partition coefficient (Wildman–Crippen LogP) is 2.06. The Morgan fingerprint density at radius 3 is 2.83 bits per heavy atom. The molecule has 3 heterocycles. The second-order valence-electron chi connectivity index (χ2n) is 7.75. The first-order valence-electron chi connectivity index (χ1n) is 10.1. The summed E-state index contributed by atoms with van der Waals surface area (Å²) in [7, 11) is 1.73. The van der Waals surface area contributed by atoms with E-state index in [1.807, 2.05) is 23.6 Å². The van der Waals surface area contributed by atoms with Crippen molar-refractivity contribution >= 4 is 53.1 Å². The Kier molecular flexibility index (Phi) is 9.19. The Labute approximate surface area is 194 Å². The molecule has 0 spiro atoms. The first-order valence-corrected chi connectivity index (χ1v) is 10.9. The first-order chi connectivity index (χ1) is 13.5. The molecule has 0 radical (unpaired) electrons. The van der Waals surface area contributed by atoms with Crippen molar-refractivity contribution in [1.29, 1.82) is 0 Å². The number of carbonyl (C=O) groups is 2. The highest BCUT2D eigenvalue weighted by Gasteiger charge is 2.28. The third kappa shape index (κ3) is 6.31. The number of carbonyl (C=O) groups excluding carboxylic acids is 2. The van der Waals surface area contributed by atoms with Crippen molar-refractivity contribution in [3.8, 4) is 0 Å². The summed E-state index contributed by atoms with van der Waals surface area (Å²) in [5.41, 5.74) is 1.29. The van der Waals surface area contributed by atoms with Crippen LogP contribution in [0.15, 0.2) is 16.4 Å². The maximum Gasteiger partial charge on any atom is 0.225 e. The summed E-state index contributed by atoms with van der Waals surface area (Å²) in [4.78, 5) is 34.1. The van der Waals surface area contributed by atoms with Crippen LogP contribution in [0.1, 0.15) is 37.1 Å². The predicted molar refractivity (Wildman–Crippen MR) is 128 cm³/mol. The molecule has 1 fully saturated rings. The number of guanidine groups is 1. The minimum absolute atomic E-state index is 0. The number of aliphatic imine (C=N–C) groups is 1. The van der Waals surface area contributed by atoms with E-state index < -0.39 is 0 Å². The summed E-state index contributed by atoms with van der Waals surface area (Å²) >= 11 is 1.78. The zero-order valence-electron chi connectivity index (χ0n) is 17.4. The maximum atomic E-state index is 12.5. The van der Waals surface area contributed by atoms with Gasteiger partial charge in [0, 0.05) is 63.0 Å². The second kappa shape index (κ2) is 11.1. The van der Waals surface area contributed by atoms with Crippen molar-refractivity contribution in [2.75, 3.05) is 33.2 Å². The second-order valence-corrected chi connectivity index (χ2v) is 8.75. The highest BCUT2D eigenvalue weighted by molar-refractivity contribution is 14.0. The molecule has 0 aromatic carbocycles. The van der Waals surface area contributed by atoms with Crippen molar-refractivity contribution in [2.45, 2.75) is 45.7 Å². The molecule has 1 unspecified atom stereocenters. The standard InChI is InChI=1S/C20H31N5O2S.HI/c1-14(2)19(27)25-9-5-16(13-25)23-20(21-3)22-8-4-18(26)24-10-6-17-15(12-24)7-11-28-17;/h7,11,14,16H,4-6,8-10,12-13H2,1-3H3,(H2,21,22,23);1H. The van der Waals surface area contributed by atoms with Crippen LogP contribution < -0.4 is 10.6 Å². The van der Waals surface area contributed by atoms with E-state index in [4.69, 9.17) is 0 Å². The van der Waals surface area contributed by atoms with E-state index in [1.165, 1.54) is 10.4 Å². The first kappa shape index (κ1) is 23.9. The Bertz CT molecular complexity index is 736. The van der Waals surface area contributed by atoms with Crippen LogP contribution in [0, 0.1) is 5.92 Å². The molecule has 9 heteroatoms. The quantitative estimate of drug-likeness (QED) is 0.345. The molecule has 0 saturated carbocycles. The fourth-order valence-corrected chi connectivity index (χ4v) is 4.63. The van der Waals surface area contributed by atoms with Gasteiger partial charge in [0.1, 0.15) is 0 Å². The molecule has 2 N–H and O–H groups in total. The Hall–Kier alpha value is -1.36. The lowest BCUT2D eigenvalue weighted by Gasteiger charge is -2.27. The highest BCUT2D eigenvalue weighted by Crippen LogP contribution is 2.24. The van der Waals surface area contributed by atoms with Gasteiger partial charge >= 0.3 is 0 Å². The van der Waals surface area contributed by atoms with Crippen molar-refractivity contribution < 1.29 is 9.59 Å². The molecule has 7 nitrogen and oxygen atoms in total. The molecule has 2 aliphatic rings. The largest absolute Gasteiger partial charge is 0.356 e. The number of nitrogens with zero attached hydrogens (tertiary/aromatic N) is 3. The average molecular weight is 533 g/mol. The minimum atomic E-state index is 0. The van der Waals surface area contributed by atoms with Crippen molar-refractivity contribution in [2.24, 2.45) is 10.9 Å². The van der Waals surface area contributed by atoms with Crippen LogP contribution in [0.2, 0.25) is 0 Å². The fraction of sp³-hybridized carbons (Fsp3) is 0.650. The van der Waals surface area contributed by atoms with Gasteiger partial charge < -0.3 is 20.4 Å². The molecule has 3 rings (SSSR count). The van der Waals surface area contributed by atoms with Gasteiger partial charge in [0.2, 0.25) is 11.8 Å². The van der Waals surface area contributed by atoms with Crippen molar-refractivity contribution in [1.82, 2.24) is 20.4 Å². The van der Waals surface area contributed by atoms with E-state index in [-0.39, 0.29) is 47.8 Å². The van der Waals surface area contributed by atoms with Crippen molar-refractivity contribution in [3.05, 3.63) is 21.9 Å². The maximum absolute atomic E-state index is 12.5. The van der Waals surface area contributed by atoms with E-state index in [1.54, 1.807) is 18.4 Å². The van der Waals surface area contributed by atoms with Crippen LogP contribution >= 0.6 is 35.3 Å². The molecule has 0 bridgehead atoms. The van der Waals surface area contributed by atoms with Gasteiger partial charge in [-0.3, -0.25) is 14.6 Å². The molecule has 29 heavy (non-hydrogen) atoms. The lowest BCUT2D eigenvalue weighted by molar-refractivity contribution is -0.133. The molecule has 162 valence electrons. The summed E-state index contributed by atoms with van der Waals surface area (Å²) in [6.07, 6.45) is 2.32. The van der Waals surface area contributed by atoms with E-state index in [2.05, 4.69) is 27.1 Å². The van der Waals surface area contributed by atoms with Crippen LogP contribution in [0.25, 0.3) is 0 Å². The molecule has 1 aromatic heterocycles. The number of thiophene rings is 1. The lowest BCUT2D eigenvalue weighted by Crippen LogP contribution is -2.46. The molecule has 1 saturated heterocycles. The summed E-state index contributed by atoms with van der Waals surface area (Å²) in [5, 5.41) is 8.72. The van der Waals surface area contributed by atoms with Gasteiger partial charge in [0.15, 0.2) is 5.96 Å². The van der Waals surface area contributed by atoms with Crippen LogP contribution in [0.4, 0.5) is 0 Å². The van der Waals surface area contributed by atoms with Crippen LogP contribution in [-0.2, 0) is 22.6 Å². The summed E-state index contributed by atoms with van der Waals surface area (Å²) in [5.74, 6) is 1.10. The molecule has 1 atom stereocenters. The van der Waals surface area contributed by atoms with Crippen LogP contribution in [0.5, 0.6) is 0 Å². The van der Waals surface area contributed by atoms with Crippen LogP contribution in [0.3, 0.4) is 0 Å². The Balaban J connectivity index is 0.00000300. The zero-order chi connectivity index (χ0) is 20.1. The number of amides is 2. The minimum Gasteiger partial charge on any atom is -0.356 e. The monoisotopic (exact) mass is 533 g/mol. The number of hydrogen-bond acceptors (Lipinski definition) is 4. The van der Waals surface area contributed by atoms with Gasteiger partial charge in [-0.15, -0.1) is 35.3 Å². The number of likely N-dealkylation sites (tertiary alicyclic amines) is 1. The summed E-state index contributed by atoms with van der Waals surface area (Å²) in [6.45, 7) is 7.43. The lowest BCUT2D eigenvalue weighted by atomic mass is 10.1. The number of hydrogen-bond donors (Lipinski definition) is 2. The van der Waals surface area contributed by atoms with Gasteiger partial charge in [0.05, 0.1) is 0 Å². The Morgan fingerprint density at radius 2 is 2.10 bits per heavy atom. The van der Waals surface area contributed by atoms with E-state index in [9.17, 15) is 9.59 Å². The number of rotatable bonds is 5. The SMILES string of the molecule is CN=C(NCCC(=O)N1CCc2sccc2C1)NC1CCN(C(=O)C(C)C)C1.I. The zero-order valence-corrected chi connectivity index (χ0v) is 20.6. The van der Waals surface area contributed by atoms with Crippen LogP contribution in [-0.4, -0.2) is 66.8 Å². The van der Waals surface area contributed by atoms with E-state index in [0.29, 0.717) is 25.5 Å². The molecule has 2 aliphatic heterocycles. The third-order valence-corrected chi connectivity index (χ3v) is 6.37. The molecular formula is C20H32IN5O2S.